The molecule has 1 aromatic carbocycles. The van der Waals surface area contributed by atoms with Crippen molar-refractivity contribution in [3.05, 3.63) is 29.8 Å². The van der Waals surface area contributed by atoms with Crippen molar-refractivity contribution in [1.82, 2.24) is 10.2 Å². The molecule has 0 aliphatic carbocycles. The Bertz CT molecular complexity index is 433. The number of hydrogen-bond donors (Lipinski definition) is 2. The summed E-state index contributed by atoms with van der Waals surface area (Å²) < 4.78 is 0. The van der Waals surface area contributed by atoms with Crippen LogP contribution in [0, 0.1) is 6.92 Å². The van der Waals surface area contributed by atoms with Crippen molar-refractivity contribution in [3.63, 3.8) is 0 Å². The van der Waals surface area contributed by atoms with Crippen molar-refractivity contribution in [2.75, 3.05) is 32.0 Å². The first-order valence-electron chi connectivity index (χ1n) is 6.93. The zero-order chi connectivity index (χ0) is 13.7. The normalized spacial score (nSPS) is 15.8. The Hall–Kier alpha value is -1.10. The predicted octanol–water partition coefficient (Wildman–Crippen LogP) is 2.04. The van der Waals surface area contributed by atoms with E-state index in [9.17, 15) is 4.79 Å². The summed E-state index contributed by atoms with van der Waals surface area (Å²) in [6.07, 6.45) is 2.24. The Morgan fingerprint density at radius 3 is 2.65 bits per heavy atom. The molecule has 1 aliphatic heterocycles. The first-order chi connectivity index (χ1) is 9.16. The molecule has 0 atom stereocenters. The molecule has 0 bridgehead atoms. The van der Waals surface area contributed by atoms with Crippen LogP contribution >= 0.6 is 12.4 Å². The second-order valence-corrected chi connectivity index (χ2v) is 5.26. The molecule has 1 amide bonds. The maximum absolute atomic E-state index is 12.0. The van der Waals surface area contributed by atoms with Gasteiger partial charge in [0.2, 0.25) is 5.91 Å². The highest BCUT2D eigenvalue weighted by Gasteiger charge is 2.19. The molecule has 0 saturated carbocycles. The Labute approximate surface area is 127 Å². The first-order valence-corrected chi connectivity index (χ1v) is 6.93. The average Bonchev–Trinajstić information content (AvgIpc) is 2.42. The number of likely N-dealkylation sites (N-methyl/N-ethyl adjacent to an activating group) is 1. The number of carbonyl (C=O) groups is 1. The van der Waals surface area contributed by atoms with Crippen LogP contribution in [0.4, 0.5) is 5.69 Å². The maximum Gasteiger partial charge on any atom is 0.238 e. The van der Waals surface area contributed by atoms with E-state index in [4.69, 9.17) is 0 Å². The quantitative estimate of drug-likeness (QED) is 0.894. The lowest BCUT2D eigenvalue weighted by Gasteiger charge is -2.31. The lowest BCUT2D eigenvalue weighted by Crippen LogP contribution is -2.44. The van der Waals surface area contributed by atoms with Gasteiger partial charge in [0.1, 0.15) is 0 Å². The van der Waals surface area contributed by atoms with Crippen molar-refractivity contribution in [2.45, 2.75) is 25.8 Å². The molecule has 2 rings (SSSR count). The summed E-state index contributed by atoms with van der Waals surface area (Å²) in [6.45, 7) is 4.56. The Balaban J connectivity index is 0.00000200. The third-order valence-electron chi connectivity index (χ3n) is 3.74. The lowest BCUT2D eigenvalue weighted by atomic mass is 10.1. The van der Waals surface area contributed by atoms with Crippen molar-refractivity contribution >= 4 is 24.0 Å². The van der Waals surface area contributed by atoms with Gasteiger partial charge in [-0.15, -0.1) is 12.4 Å². The van der Waals surface area contributed by atoms with Gasteiger partial charge in [-0.05, 0) is 51.5 Å². The molecule has 0 unspecified atom stereocenters. The molecule has 112 valence electrons. The van der Waals surface area contributed by atoms with E-state index in [2.05, 4.69) is 15.5 Å². The fourth-order valence-electron chi connectivity index (χ4n) is 2.51. The van der Waals surface area contributed by atoms with E-state index >= 15 is 0 Å². The highest BCUT2D eigenvalue weighted by Crippen LogP contribution is 2.14. The molecule has 1 saturated heterocycles. The lowest BCUT2D eigenvalue weighted by molar-refractivity contribution is -0.117. The van der Waals surface area contributed by atoms with Gasteiger partial charge in [-0.2, -0.15) is 0 Å². The van der Waals surface area contributed by atoms with E-state index in [0.29, 0.717) is 12.6 Å². The van der Waals surface area contributed by atoms with E-state index in [-0.39, 0.29) is 18.3 Å². The second-order valence-electron chi connectivity index (χ2n) is 5.26. The van der Waals surface area contributed by atoms with Gasteiger partial charge < -0.3 is 10.6 Å². The minimum atomic E-state index is 0. The van der Waals surface area contributed by atoms with Gasteiger partial charge in [0, 0.05) is 11.7 Å². The molecule has 1 aliphatic rings. The number of halogens is 1. The number of nitrogens with zero attached hydrogens (tertiary/aromatic N) is 1. The summed E-state index contributed by atoms with van der Waals surface area (Å²) in [6, 6.07) is 8.39. The van der Waals surface area contributed by atoms with Gasteiger partial charge in [-0.1, -0.05) is 18.2 Å². The fourth-order valence-corrected chi connectivity index (χ4v) is 2.51. The average molecular weight is 298 g/mol. The van der Waals surface area contributed by atoms with E-state index in [1.54, 1.807) is 0 Å². The van der Waals surface area contributed by atoms with Gasteiger partial charge >= 0.3 is 0 Å². The topological polar surface area (TPSA) is 44.4 Å². The maximum atomic E-state index is 12.0. The Kier molecular flexibility index (Phi) is 6.99. The summed E-state index contributed by atoms with van der Waals surface area (Å²) in [5.74, 6) is 0.0651. The second kappa shape index (κ2) is 8.25. The molecule has 5 heteroatoms. The number of nitrogens with one attached hydrogen (secondary N) is 2. The third-order valence-corrected chi connectivity index (χ3v) is 3.74. The number of aryl methyl sites for hydroxylation is 1. The molecular formula is C15H24ClN3O. The van der Waals surface area contributed by atoms with E-state index in [1.807, 2.05) is 38.2 Å². The van der Waals surface area contributed by atoms with E-state index < -0.39 is 0 Å². The molecular weight excluding hydrogens is 274 g/mol. The molecule has 0 spiro atoms. The largest absolute Gasteiger partial charge is 0.325 e. The molecule has 1 heterocycles. The monoisotopic (exact) mass is 297 g/mol. The van der Waals surface area contributed by atoms with Crippen molar-refractivity contribution in [3.8, 4) is 0 Å². The van der Waals surface area contributed by atoms with Crippen LogP contribution in [-0.4, -0.2) is 43.5 Å². The van der Waals surface area contributed by atoms with Gasteiger partial charge in [0.15, 0.2) is 0 Å². The fraction of sp³-hybridized carbons (Fsp3) is 0.533. The Morgan fingerprint density at radius 2 is 2.00 bits per heavy atom. The molecule has 1 fully saturated rings. The molecule has 0 radical (unpaired) electrons. The standard InChI is InChI=1S/C15H23N3O.ClH/c1-12-5-3-4-6-14(12)17-15(19)11-18(2)13-7-9-16-10-8-13;/h3-6,13,16H,7-11H2,1-2H3,(H,17,19);1H. The first kappa shape index (κ1) is 17.0. The number of carbonyl (C=O) groups excluding carboxylic acids is 1. The smallest absolute Gasteiger partial charge is 0.238 e. The van der Waals surface area contributed by atoms with Crippen LogP contribution in [-0.2, 0) is 4.79 Å². The number of benzene rings is 1. The number of para-hydroxylation sites is 1. The van der Waals surface area contributed by atoms with Crippen molar-refractivity contribution in [1.29, 1.82) is 0 Å². The van der Waals surface area contributed by atoms with Crippen molar-refractivity contribution in [2.24, 2.45) is 0 Å². The van der Waals surface area contributed by atoms with Crippen LogP contribution in [0.15, 0.2) is 24.3 Å². The summed E-state index contributed by atoms with van der Waals surface area (Å²) >= 11 is 0. The summed E-state index contributed by atoms with van der Waals surface area (Å²) in [7, 11) is 2.04. The van der Waals surface area contributed by atoms with E-state index in [0.717, 1.165) is 37.2 Å². The number of hydrogen-bond acceptors (Lipinski definition) is 3. The summed E-state index contributed by atoms with van der Waals surface area (Å²) in [4.78, 5) is 14.2. The highest BCUT2D eigenvalue weighted by atomic mass is 35.5. The van der Waals surface area contributed by atoms with Crippen LogP contribution in [0.5, 0.6) is 0 Å². The van der Waals surface area contributed by atoms with Gasteiger partial charge in [0.05, 0.1) is 6.54 Å². The Morgan fingerprint density at radius 1 is 1.35 bits per heavy atom. The van der Waals surface area contributed by atoms with Crippen LogP contribution in [0.1, 0.15) is 18.4 Å². The minimum absolute atomic E-state index is 0. The summed E-state index contributed by atoms with van der Waals surface area (Å²) in [5.41, 5.74) is 2.01. The highest BCUT2D eigenvalue weighted by molar-refractivity contribution is 5.92. The molecule has 2 N–H and O–H groups in total. The zero-order valence-corrected chi connectivity index (χ0v) is 13.0. The van der Waals surface area contributed by atoms with Gasteiger partial charge in [0.25, 0.3) is 0 Å². The van der Waals surface area contributed by atoms with E-state index in [1.165, 1.54) is 0 Å². The van der Waals surface area contributed by atoms with Gasteiger partial charge in [-0.25, -0.2) is 0 Å². The molecule has 1 aromatic rings. The predicted molar refractivity (Wildman–Crippen MR) is 85.6 cm³/mol. The van der Waals surface area contributed by atoms with Crippen LogP contribution in [0.25, 0.3) is 0 Å². The zero-order valence-electron chi connectivity index (χ0n) is 12.2. The van der Waals surface area contributed by atoms with Crippen LogP contribution < -0.4 is 10.6 Å². The number of amides is 1. The van der Waals surface area contributed by atoms with Crippen molar-refractivity contribution < 1.29 is 4.79 Å². The minimum Gasteiger partial charge on any atom is -0.325 e. The van der Waals surface area contributed by atoms with Gasteiger partial charge in [-0.3, -0.25) is 9.69 Å². The SMILES string of the molecule is Cc1ccccc1NC(=O)CN(C)C1CCNCC1.Cl. The molecule has 0 aromatic heterocycles. The van der Waals surface area contributed by atoms with Crippen LogP contribution in [0.3, 0.4) is 0 Å². The third kappa shape index (κ3) is 4.78. The summed E-state index contributed by atoms with van der Waals surface area (Å²) in [5, 5.41) is 6.33. The number of piperidine rings is 1. The van der Waals surface area contributed by atoms with Crippen LogP contribution in [0.2, 0.25) is 0 Å². The molecule has 20 heavy (non-hydrogen) atoms. The molecule has 4 nitrogen and oxygen atoms in total. The number of anilines is 1. The number of rotatable bonds is 4.